The summed E-state index contributed by atoms with van der Waals surface area (Å²) < 4.78 is 10.7. The molecule has 0 saturated carbocycles. The first-order valence-electron chi connectivity index (χ1n) is 9.70. The molecule has 0 atom stereocenters. The molecule has 0 radical (unpaired) electrons. The minimum absolute atomic E-state index is 0.0113. The molecule has 162 valence electrons. The van der Waals surface area contributed by atoms with Gasteiger partial charge in [0.05, 0.1) is 11.3 Å². The Hall–Kier alpha value is -3.26. The maximum Gasteiger partial charge on any atom is 0.339 e. The fourth-order valence-corrected chi connectivity index (χ4v) is 3.88. The number of thioether (sulfide) groups is 1. The Morgan fingerprint density at radius 3 is 2.68 bits per heavy atom. The quantitative estimate of drug-likeness (QED) is 0.326. The highest BCUT2D eigenvalue weighted by molar-refractivity contribution is 8.00. The number of ether oxygens (including phenoxy) is 1. The summed E-state index contributed by atoms with van der Waals surface area (Å²) in [4.78, 5) is 37.2. The number of carbonyl (C=O) groups is 2. The normalized spacial score (nSPS) is 11.0. The molecule has 0 saturated heterocycles. The number of hydrogen-bond donors (Lipinski definition) is 2. The first-order valence-corrected chi connectivity index (χ1v) is 10.7. The van der Waals surface area contributed by atoms with E-state index in [0.717, 1.165) is 0 Å². The van der Waals surface area contributed by atoms with Gasteiger partial charge in [-0.1, -0.05) is 12.1 Å². The monoisotopic (exact) mass is 441 g/mol. The number of aryl methyl sites for hydroxylation is 1. The number of phenolic OH excluding ortho intramolecular Hbond substituents is 1. The molecule has 1 heterocycles. The van der Waals surface area contributed by atoms with Crippen molar-refractivity contribution >= 4 is 34.6 Å². The van der Waals surface area contributed by atoms with Crippen LogP contribution in [-0.4, -0.2) is 28.8 Å². The number of aromatic hydroxyl groups is 1. The van der Waals surface area contributed by atoms with Gasteiger partial charge in [-0.3, -0.25) is 4.79 Å². The van der Waals surface area contributed by atoms with Crippen molar-refractivity contribution in [3.63, 3.8) is 0 Å². The van der Waals surface area contributed by atoms with E-state index in [4.69, 9.17) is 9.15 Å². The minimum atomic E-state index is -0.598. The molecule has 7 nitrogen and oxygen atoms in total. The van der Waals surface area contributed by atoms with E-state index in [1.807, 2.05) is 13.8 Å². The minimum Gasteiger partial charge on any atom is -0.508 e. The molecule has 0 aliphatic rings. The summed E-state index contributed by atoms with van der Waals surface area (Å²) in [5.41, 5.74) is 0.907. The molecule has 1 amide bonds. The van der Waals surface area contributed by atoms with Crippen LogP contribution in [0.15, 0.2) is 56.6 Å². The summed E-state index contributed by atoms with van der Waals surface area (Å²) in [5, 5.41) is 13.2. The van der Waals surface area contributed by atoms with E-state index in [2.05, 4.69) is 5.32 Å². The number of nitrogens with one attached hydrogen (secondary N) is 1. The molecule has 1 aromatic heterocycles. The molecule has 0 bridgehead atoms. The van der Waals surface area contributed by atoms with E-state index in [0.29, 0.717) is 27.0 Å². The number of rotatable bonds is 7. The number of hydrogen-bond acceptors (Lipinski definition) is 7. The van der Waals surface area contributed by atoms with Crippen LogP contribution >= 0.6 is 11.8 Å². The third kappa shape index (κ3) is 5.46. The van der Waals surface area contributed by atoms with Gasteiger partial charge in [-0.2, -0.15) is 0 Å². The van der Waals surface area contributed by atoms with Gasteiger partial charge in [-0.05, 0) is 45.0 Å². The highest BCUT2D eigenvalue weighted by atomic mass is 32.2. The molecular formula is C23H23NO6S. The molecular weight excluding hydrogens is 418 g/mol. The second-order valence-corrected chi connectivity index (χ2v) is 8.28. The molecule has 3 aromatic rings. The van der Waals surface area contributed by atoms with Crippen LogP contribution in [-0.2, 0) is 16.1 Å². The lowest BCUT2D eigenvalue weighted by molar-refractivity contribution is -0.119. The average molecular weight is 442 g/mol. The second-order valence-electron chi connectivity index (χ2n) is 7.26. The zero-order chi connectivity index (χ0) is 22.5. The molecule has 0 aliphatic carbocycles. The van der Waals surface area contributed by atoms with Crippen LogP contribution in [0.1, 0.15) is 35.3 Å². The second kappa shape index (κ2) is 9.70. The first-order chi connectivity index (χ1) is 14.8. The van der Waals surface area contributed by atoms with Crippen molar-refractivity contribution < 1.29 is 23.8 Å². The van der Waals surface area contributed by atoms with Crippen LogP contribution in [0.3, 0.4) is 0 Å². The summed E-state index contributed by atoms with van der Waals surface area (Å²) in [5.74, 6) is -0.499. The number of esters is 1. The molecule has 2 N–H and O–H groups in total. The topological polar surface area (TPSA) is 106 Å². The van der Waals surface area contributed by atoms with Crippen LogP contribution in [0.25, 0.3) is 11.0 Å². The number of fused-ring (bicyclic) bond motifs is 1. The van der Waals surface area contributed by atoms with Gasteiger partial charge in [0.2, 0.25) is 5.91 Å². The van der Waals surface area contributed by atoms with Crippen molar-refractivity contribution in [3.05, 3.63) is 69.6 Å². The van der Waals surface area contributed by atoms with E-state index >= 15 is 0 Å². The fraction of sp³-hybridized carbons (Fsp3) is 0.261. The predicted molar refractivity (Wildman–Crippen MR) is 118 cm³/mol. The molecule has 3 rings (SSSR count). The lowest BCUT2D eigenvalue weighted by Gasteiger charge is -2.12. The summed E-state index contributed by atoms with van der Waals surface area (Å²) in [7, 11) is 0. The van der Waals surface area contributed by atoms with Crippen LogP contribution < -0.4 is 10.9 Å². The van der Waals surface area contributed by atoms with Gasteiger partial charge < -0.3 is 19.6 Å². The van der Waals surface area contributed by atoms with Crippen molar-refractivity contribution in [2.24, 2.45) is 0 Å². The van der Waals surface area contributed by atoms with E-state index in [-0.39, 0.29) is 35.6 Å². The Kier molecular flexibility index (Phi) is 7.02. The van der Waals surface area contributed by atoms with Gasteiger partial charge in [0.1, 0.15) is 17.9 Å². The van der Waals surface area contributed by atoms with E-state index < -0.39 is 11.6 Å². The lowest BCUT2D eigenvalue weighted by Crippen LogP contribution is -2.31. The van der Waals surface area contributed by atoms with Crippen molar-refractivity contribution in [2.45, 2.75) is 38.3 Å². The van der Waals surface area contributed by atoms with Crippen LogP contribution in [0.5, 0.6) is 5.75 Å². The largest absolute Gasteiger partial charge is 0.508 e. The van der Waals surface area contributed by atoms with Gasteiger partial charge in [-0.25, -0.2) is 9.59 Å². The standard InChI is InChI=1S/C23H23NO6S/c1-13(2)24-20(26)12-31-19-7-5-4-6-17(19)23(28)29-11-15-10-21(27)30-22-14(3)18(25)9-8-16(15)22/h4-10,13,25H,11-12H2,1-3H3,(H,24,26). The average Bonchev–Trinajstić information content (AvgIpc) is 2.73. The number of carbonyl (C=O) groups excluding carboxylic acids is 2. The third-order valence-electron chi connectivity index (χ3n) is 4.49. The summed E-state index contributed by atoms with van der Waals surface area (Å²) in [6.45, 7) is 5.26. The predicted octanol–water partition coefficient (Wildman–Crippen LogP) is 3.78. The smallest absolute Gasteiger partial charge is 0.339 e. The zero-order valence-corrected chi connectivity index (χ0v) is 18.2. The molecule has 8 heteroatoms. The fourth-order valence-electron chi connectivity index (χ4n) is 3.02. The summed E-state index contributed by atoms with van der Waals surface area (Å²) >= 11 is 1.25. The summed E-state index contributed by atoms with van der Waals surface area (Å²) in [6, 6.07) is 11.3. The van der Waals surface area contributed by atoms with Gasteiger partial charge in [0.15, 0.2) is 0 Å². The lowest BCUT2D eigenvalue weighted by atomic mass is 10.1. The molecule has 0 aliphatic heterocycles. The van der Waals surface area contributed by atoms with Gasteiger partial charge >= 0.3 is 11.6 Å². The third-order valence-corrected chi connectivity index (χ3v) is 5.57. The highest BCUT2D eigenvalue weighted by Gasteiger charge is 2.16. The maximum atomic E-state index is 12.7. The van der Waals surface area contributed by atoms with Gasteiger partial charge in [0.25, 0.3) is 0 Å². The highest BCUT2D eigenvalue weighted by Crippen LogP contribution is 2.28. The zero-order valence-electron chi connectivity index (χ0n) is 17.4. The van der Waals surface area contributed by atoms with Crippen molar-refractivity contribution in [1.82, 2.24) is 5.32 Å². The SMILES string of the molecule is Cc1c(O)ccc2c(COC(=O)c3ccccc3SCC(=O)NC(C)C)cc(=O)oc12. The van der Waals surface area contributed by atoms with E-state index in [1.165, 1.54) is 23.9 Å². The van der Waals surface area contributed by atoms with Crippen LogP contribution in [0.2, 0.25) is 0 Å². The van der Waals surface area contributed by atoms with Gasteiger partial charge in [0, 0.05) is 33.5 Å². The number of benzene rings is 2. The van der Waals surface area contributed by atoms with Crippen molar-refractivity contribution in [1.29, 1.82) is 0 Å². The van der Waals surface area contributed by atoms with Crippen molar-refractivity contribution in [3.8, 4) is 5.75 Å². The molecule has 2 aromatic carbocycles. The number of amides is 1. The Balaban J connectivity index is 1.77. The van der Waals surface area contributed by atoms with Gasteiger partial charge in [-0.15, -0.1) is 11.8 Å². The molecule has 0 spiro atoms. The van der Waals surface area contributed by atoms with Crippen LogP contribution in [0, 0.1) is 6.92 Å². The van der Waals surface area contributed by atoms with E-state index in [9.17, 15) is 19.5 Å². The Morgan fingerprint density at radius 2 is 1.94 bits per heavy atom. The molecule has 31 heavy (non-hydrogen) atoms. The van der Waals surface area contributed by atoms with Crippen LogP contribution in [0.4, 0.5) is 0 Å². The Morgan fingerprint density at radius 1 is 1.19 bits per heavy atom. The molecule has 0 unspecified atom stereocenters. The molecule has 0 fully saturated rings. The van der Waals surface area contributed by atoms with Crippen molar-refractivity contribution in [2.75, 3.05) is 5.75 Å². The Labute approximate surface area is 183 Å². The van der Waals surface area contributed by atoms with E-state index in [1.54, 1.807) is 37.3 Å². The first kappa shape index (κ1) is 22.4. The maximum absolute atomic E-state index is 12.7. The number of phenols is 1. The Bertz CT molecular complexity index is 1180. The summed E-state index contributed by atoms with van der Waals surface area (Å²) in [6.07, 6.45) is 0.